The molecular formula is C17H21F2NO3. The number of hydrogen-bond acceptors (Lipinski definition) is 3. The monoisotopic (exact) mass is 325 g/mol. The molecule has 0 aromatic heterocycles. The molecule has 23 heavy (non-hydrogen) atoms. The molecule has 0 heterocycles. The van der Waals surface area contributed by atoms with Gasteiger partial charge in [0.05, 0.1) is 19.6 Å². The first-order valence-corrected chi connectivity index (χ1v) is 7.71. The Labute approximate surface area is 134 Å². The van der Waals surface area contributed by atoms with Gasteiger partial charge in [-0.15, -0.1) is 0 Å². The highest BCUT2D eigenvalue weighted by Crippen LogP contribution is 2.36. The minimum atomic E-state index is -2.67. The fraction of sp³-hybridized carbons (Fsp3) is 0.529. The highest BCUT2D eigenvalue weighted by molar-refractivity contribution is 5.80. The number of nitrogens with one attached hydrogen (secondary N) is 1. The van der Waals surface area contributed by atoms with Crippen LogP contribution in [0.5, 0.6) is 0 Å². The molecule has 1 aliphatic rings. The van der Waals surface area contributed by atoms with E-state index in [1.807, 2.05) is 30.3 Å². The largest absolute Gasteiger partial charge is 0.469 e. The quantitative estimate of drug-likeness (QED) is 0.846. The van der Waals surface area contributed by atoms with Crippen LogP contribution in [0.25, 0.3) is 0 Å². The summed E-state index contributed by atoms with van der Waals surface area (Å²) < 4.78 is 31.1. The molecule has 1 amide bonds. The molecule has 1 aliphatic carbocycles. The van der Waals surface area contributed by atoms with Crippen molar-refractivity contribution >= 4 is 11.9 Å². The van der Waals surface area contributed by atoms with Gasteiger partial charge in [0, 0.05) is 18.8 Å². The average Bonchev–Trinajstić information content (AvgIpc) is 2.54. The second kappa shape index (κ2) is 7.53. The Bertz CT molecular complexity index is 538. The zero-order valence-electron chi connectivity index (χ0n) is 13.1. The van der Waals surface area contributed by atoms with Gasteiger partial charge in [-0.1, -0.05) is 30.3 Å². The van der Waals surface area contributed by atoms with Crippen LogP contribution in [0.3, 0.4) is 0 Å². The van der Waals surface area contributed by atoms with Crippen LogP contribution < -0.4 is 5.32 Å². The first-order valence-electron chi connectivity index (χ1n) is 7.71. The van der Waals surface area contributed by atoms with Crippen LogP contribution in [0.15, 0.2) is 30.3 Å². The second-order valence-corrected chi connectivity index (χ2v) is 5.88. The van der Waals surface area contributed by atoms with Crippen molar-refractivity contribution in [2.24, 2.45) is 5.92 Å². The number of carbonyl (C=O) groups is 2. The van der Waals surface area contributed by atoms with Gasteiger partial charge in [0.15, 0.2) is 0 Å². The summed E-state index contributed by atoms with van der Waals surface area (Å²) in [5.74, 6) is -3.81. The Morgan fingerprint density at radius 1 is 1.26 bits per heavy atom. The maximum Gasteiger partial charge on any atom is 0.307 e. The van der Waals surface area contributed by atoms with Crippen molar-refractivity contribution in [3.05, 3.63) is 35.9 Å². The molecule has 0 aliphatic heterocycles. The lowest BCUT2D eigenvalue weighted by Crippen LogP contribution is -2.38. The van der Waals surface area contributed by atoms with E-state index in [0.29, 0.717) is 0 Å². The minimum Gasteiger partial charge on any atom is -0.469 e. The Morgan fingerprint density at radius 3 is 2.43 bits per heavy atom. The van der Waals surface area contributed by atoms with E-state index in [9.17, 15) is 18.4 Å². The van der Waals surface area contributed by atoms with Crippen LogP contribution in [0.2, 0.25) is 0 Å². The molecule has 6 heteroatoms. The number of carbonyl (C=O) groups excluding carboxylic acids is 2. The highest BCUT2D eigenvalue weighted by Gasteiger charge is 2.37. The first kappa shape index (κ1) is 17.4. The summed E-state index contributed by atoms with van der Waals surface area (Å²) in [6.45, 7) is 0. The van der Waals surface area contributed by atoms with Gasteiger partial charge in [0.1, 0.15) is 0 Å². The molecule has 0 bridgehead atoms. The molecule has 126 valence electrons. The molecule has 1 aromatic carbocycles. The maximum atomic E-state index is 13.2. The number of ether oxygens (including phenoxy) is 1. The normalized spacial score (nSPS) is 18.9. The smallest absolute Gasteiger partial charge is 0.307 e. The van der Waals surface area contributed by atoms with Gasteiger partial charge >= 0.3 is 5.97 Å². The summed E-state index contributed by atoms with van der Waals surface area (Å²) in [5, 5.41) is 2.81. The third-order valence-corrected chi connectivity index (χ3v) is 4.20. The van der Waals surface area contributed by atoms with Crippen LogP contribution in [0, 0.1) is 5.92 Å². The Hall–Kier alpha value is -1.98. The van der Waals surface area contributed by atoms with Gasteiger partial charge in [-0.25, -0.2) is 8.78 Å². The molecule has 0 unspecified atom stereocenters. The summed E-state index contributed by atoms with van der Waals surface area (Å²) in [5.41, 5.74) is 0.785. The number of amides is 1. The van der Waals surface area contributed by atoms with E-state index in [4.69, 9.17) is 0 Å². The minimum absolute atomic E-state index is 0.00906. The van der Waals surface area contributed by atoms with Crippen molar-refractivity contribution in [1.82, 2.24) is 5.32 Å². The molecule has 2 rings (SSSR count). The third-order valence-electron chi connectivity index (χ3n) is 4.20. The number of alkyl halides is 2. The lowest BCUT2D eigenvalue weighted by Gasteiger charge is -2.29. The summed E-state index contributed by atoms with van der Waals surface area (Å²) in [7, 11) is 1.29. The van der Waals surface area contributed by atoms with E-state index in [0.717, 1.165) is 5.56 Å². The summed E-state index contributed by atoms with van der Waals surface area (Å²) in [6.07, 6.45) is -0.192. The van der Waals surface area contributed by atoms with E-state index >= 15 is 0 Å². The van der Waals surface area contributed by atoms with Crippen LogP contribution >= 0.6 is 0 Å². The fourth-order valence-corrected chi connectivity index (χ4v) is 2.78. The van der Waals surface area contributed by atoms with Crippen molar-refractivity contribution < 1.29 is 23.1 Å². The summed E-state index contributed by atoms with van der Waals surface area (Å²) in [6, 6.07) is 8.56. The maximum absolute atomic E-state index is 13.2. The van der Waals surface area contributed by atoms with E-state index in [1.54, 1.807) is 0 Å². The zero-order chi connectivity index (χ0) is 16.9. The summed E-state index contributed by atoms with van der Waals surface area (Å²) in [4.78, 5) is 23.9. The predicted molar refractivity (Wildman–Crippen MR) is 80.9 cm³/mol. The van der Waals surface area contributed by atoms with Crippen LogP contribution in [-0.4, -0.2) is 24.9 Å². The van der Waals surface area contributed by atoms with Crippen LogP contribution in [0.1, 0.15) is 43.7 Å². The lowest BCUT2D eigenvalue weighted by atomic mass is 9.86. The summed E-state index contributed by atoms with van der Waals surface area (Å²) >= 11 is 0. The molecule has 4 nitrogen and oxygen atoms in total. The van der Waals surface area contributed by atoms with Crippen LogP contribution in [-0.2, 0) is 14.3 Å². The number of benzene rings is 1. The van der Waals surface area contributed by atoms with E-state index < -0.39 is 23.9 Å². The number of hydrogen-bond donors (Lipinski definition) is 1. The molecule has 1 fully saturated rings. The lowest BCUT2D eigenvalue weighted by molar-refractivity contribution is -0.141. The van der Waals surface area contributed by atoms with E-state index in [-0.39, 0.29) is 38.0 Å². The van der Waals surface area contributed by atoms with E-state index in [2.05, 4.69) is 10.1 Å². The SMILES string of the molecule is COC(=O)C[C@H](NC(=O)C1CCC(F)(F)CC1)c1ccccc1. The number of halogens is 2. The first-order chi connectivity index (χ1) is 10.9. The van der Waals surface area contributed by atoms with Crippen molar-refractivity contribution in [3.8, 4) is 0 Å². The molecule has 1 aromatic rings. The average molecular weight is 325 g/mol. The molecule has 1 atom stereocenters. The number of methoxy groups -OCH3 is 1. The Kier molecular flexibility index (Phi) is 5.69. The molecule has 1 saturated carbocycles. The Balaban J connectivity index is 2.02. The van der Waals surface area contributed by atoms with Gasteiger partial charge < -0.3 is 10.1 Å². The predicted octanol–water partition coefficient (Wildman–Crippen LogP) is 3.23. The van der Waals surface area contributed by atoms with Gasteiger partial charge in [-0.05, 0) is 18.4 Å². The topological polar surface area (TPSA) is 55.4 Å². The fourth-order valence-electron chi connectivity index (χ4n) is 2.78. The molecule has 0 saturated heterocycles. The van der Waals surface area contributed by atoms with Gasteiger partial charge in [-0.3, -0.25) is 9.59 Å². The van der Waals surface area contributed by atoms with Crippen molar-refractivity contribution in [2.75, 3.05) is 7.11 Å². The second-order valence-electron chi connectivity index (χ2n) is 5.88. The van der Waals surface area contributed by atoms with Gasteiger partial charge in [0.25, 0.3) is 0 Å². The molecule has 0 radical (unpaired) electrons. The molecule has 0 spiro atoms. The van der Waals surface area contributed by atoms with Gasteiger partial charge in [-0.2, -0.15) is 0 Å². The Morgan fingerprint density at radius 2 is 1.87 bits per heavy atom. The van der Waals surface area contributed by atoms with E-state index in [1.165, 1.54) is 7.11 Å². The third kappa shape index (κ3) is 5.01. The molecular weight excluding hydrogens is 304 g/mol. The van der Waals surface area contributed by atoms with Crippen LogP contribution in [0.4, 0.5) is 8.78 Å². The standard InChI is InChI=1S/C17H21F2NO3/c1-23-15(21)11-14(12-5-3-2-4-6-12)20-16(22)13-7-9-17(18,19)10-8-13/h2-6,13-14H,7-11H2,1H3,(H,20,22)/t14-/m0/s1. The molecule has 1 N–H and O–H groups in total. The zero-order valence-corrected chi connectivity index (χ0v) is 13.1. The van der Waals surface area contributed by atoms with Crippen molar-refractivity contribution in [3.63, 3.8) is 0 Å². The van der Waals surface area contributed by atoms with Gasteiger partial charge in [0.2, 0.25) is 11.8 Å². The van der Waals surface area contributed by atoms with Crippen molar-refractivity contribution in [2.45, 2.75) is 44.1 Å². The number of rotatable bonds is 5. The van der Waals surface area contributed by atoms with Crippen molar-refractivity contribution in [1.29, 1.82) is 0 Å². The highest BCUT2D eigenvalue weighted by atomic mass is 19.3. The number of esters is 1.